The molecule has 0 spiro atoms. The van der Waals surface area contributed by atoms with Gasteiger partial charge in [0.25, 0.3) is 0 Å². The van der Waals surface area contributed by atoms with Crippen LogP contribution in [0.5, 0.6) is 0 Å². The number of benzene rings is 2. The third kappa shape index (κ3) is 5.31. The maximum atomic E-state index is 13.6. The number of halogens is 3. The molecule has 8 heteroatoms. The summed E-state index contributed by atoms with van der Waals surface area (Å²) < 4.78 is 25.6. The van der Waals surface area contributed by atoms with E-state index in [1.807, 2.05) is 13.8 Å². The molecule has 152 valence electrons. The highest BCUT2D eigenvalue weighted by Gasteiger charge is 2.22. The molecule has 0 fully saturated rings. The minimum Gasteiger partial charge on any atom is -0.396 e. The molecule has 0 aliphatic heterocycles. The van der Waals surface area contributed by atoms with Crippen LogP contribution in [0.3, 0.4) is 0 Å². The standard InChI is InChI=1S/C20H23Br2FN2O3/c1-4-27-16(28-5-2)10-25-15-9-14(21)17(18(22)19(15)24)20(26)13-8-12(23)7-6-11(13)3/h6-9,16,25H,4-5,10,24H2,1-3H3. The summed E-state index contributed by atoms with van der Waals surface area (Å²) in [6, 6.07) is 5.85. The van der Waals surface area contributed by atoms with Crippen molar-refractivity contribution in [2.24, 2.45) is 0 Å². The fraction of sp³-hybridized carbons (Fsp3) is 0.350. The van der Waals surface area contributed by atoms with Crippen LogP contribution >= 0.6 is 31.9 Å². The molecule has 0 aliphatic rings. The van der Waals surface area contributed by atoms with E-state index in [1.54, 1.807) is 19.1 Å². The van der Waals surface area contributed by atoms with Gasteiger partial charge in [-0.1, -0.05) is 6.07 Å². The van der Waals surface area contributed by atoms with Crippen molar-refractivity contribution < 1.29 is 18.7 Å². The van der Waals surface area contributed by atoms with Gasteiger partial charge in [-0.15, -0.1) is 0 Å². The maximum absolute atomic E-state index is 13.6. The van der Waals surface area contributed by atoms with Crippen molar-refractivity contribution in [2.45, 2.75) is 27.1 Å². The van der Waals surface area contributed by atoms with Crippen molar-refractivity contribution in [3.8, 4) is 0 Å². The number of hydrogen-bond donors (Lipinski definition) is 2. The van der Waals surface area contributed by atoms with Crippen molar-refractivity contribution >= 4 is 49.0 Å². The van der Waals surface area contributed by atoms with E-state index in [0.717, 1.165) is 0 Å². The number of anilines is 2. The molecule has 0 atom stereocenters. The van der Waals surface area contributed by atoms with Crippen LogP contribution in [0, 0.1) is 12.7 Å². The second-order valence-electron chi connectivity index (χ2n) is 6.02. The SMILES string of the molecule is CCOC(CNc1cc(Br)c(C(=O)c2cc(F)ccc2C)c(Br)c1N)OCC. The molecule has 5 nitrogen and oxygen atoms in total. The van der Waals surface area contributed by atoms with Gasteiger partial charge in [0.2, 0.25) is 0 Å². The van der Waals surface area contributed by atoms with Gasteiger partial charge in [0.1, 0.15) is 5.82 Å². The van der Waals surface area contributed by atoms with Crippen molar-refractivity contribution in [3.63, 3.8) is 0 Å². The zero-order valence-corrected chi connectivity index (χ0v) is 19.1. The molecule has 0 radical (unpaired) electrons. The normalized spacial score (nSPS) is 11.1. The Hall–Kier alpha value is -1.48. The number of rotatable bonds is 9. The van der Waals surface area contributed by atoms with Crippen LogP contribution in [0.15, 0.2) is 33.2 Å². The Morgan fingerprint density at radius 3 is 2.46 bits per heavy atom. The first kappa shape index (κ1) is 22.8. The first-order valence-corrected chi connectivity index (χ1v) is 10.4. The van der Waals surface area contributed by atoms with E-state index in [-0.39, 0.29) is 11.3 Å². The fourth-order valence-corrected chi connectivity index (χ4v) is 4.17. The average Bonchev–Trinajstić information content (AvgIpc) is 2.65. The highest BCUT2D eigenvalue weighted by molar-refractivity contribution is 9.11. The van der Waals surface area contributed by atoms with Crippen LogP contribution in [-0.2, 0) is 9.47 Å². The van der Waals surface area contributed by atoms with Gasteiger partial charge in [0, 0.05) is 23.2 Å². The lowest BCUT2D eigenvalue weighted by molar-refractivity contribution is -0.126. The van der Waals surface area contributed by atoms with Gasteiger partial charge in [-0.25, -0.2) is 4.39 Å². The first-order valence-electron chi connectivity index (χ1n) is 8.85. The Bertz CT molecular complexity index is 856. The lowest BCUT2D eigenvalue weighted by Crippen LogP contribution is -2.26. The Balaban J connectivity index is 2.33. The van der Waals surface area contributed by atoms with Crippen LogP contribution in [0.1, 0.15) is 35.3 Å². The molecular weight excluding hydrogens is 495 g/mol. The lowest BCUT2D eigenvalue weighted by Gasteiger charge is -2.20. The molecule has 0 unspecified atom stereocenters. The Labute approximate surface area is 181 Å². The predicted molar refractivity (Wildman–Crippen MR) is 116 cm³/mol. The largest absolute Gasteiger partial charge is 0.396 e. The Morgan fingerprint density at radius 1 is 1.21 bits per heavy atom. The molecule has 2 aromatic carbocycles. The summed E-state index contributed by atoms with van der Waals surface area (Å²) in [6.45, 7) is 6.98. The number of carbonyl (C=O) groups is 1. The highest BCUT2D eigenvalue weighted by atomic mass is 79.9. The van der Waals surface area contributed by atoms with E-state index in [1.165, 1.54) is 12.1 Å². The minimum atomic E-state index is -0.467. The van der Waals surface area contributed by atoms with E-state index in [9.17, 15) is 9.18 Å². The molecule has 3 N–H and O–H groups in total. The van der Waals surface area contributed by atoms with E-state index >= 15 is 0 Å². The summed E-state index contributed by atoms with van der Waals surface area (Å²) in [6.07, 6.45) is -0.414. The van der Waals surface area contributed by atoms with Crippen molar-refractivity contribution in [1.29, 1.82) is 0 Å². The Kier molecular flexibility index (Phi) is 8.42. The molecule has 0 heterocycles. The van der Waals surface area contributed by atoms with Gasteiger partial charge in [0.15, 0.2) is 12.1 Å². The molecule has 0 amide bonds. The van der Waals surface area contributed by atoms with Crippen LogP contribution in [0.25, 0.3) is 0 Å². The number of nitrogen functional groups attached to an aromatic ring is 1. The molecule has 0 aliphatic carbocycles. The molecule has 0 aromatic heterocycles. The zero-order valence-electron chi connectivity index (χ0n) is 15.9. The Morgan fingerprint density at radius 2 is 1.86 bits per heavy atom. The van der Waals surface area contributed by atoms with E-state index < -0.39 is 12.1 Å². The summed E-state index contributed by atoms with van der Waals surface area (Å²) >= 11 is 6.86. The summed E-state index contributed by atoms with van der Waals surface area (Å²) in [5.41, 5.74) is 8.53. The smallest absolute Gasteiger partial charge is 0.195 e. The third-order valence-electron chi connectivity index (χ3n) is 4.09. The van der Waals surface area contributed by atoms with Gasteiger partial charge < -0.3 is 20.5 Å². The zero-order chi connectivity index (χ0) is 20.8. The first-order chi connectivity index (χ1) is 13.3. The number of carbonyl (C=O) groups excluding carboxylic acids is 1. The third-order valence-corrected chi connectivity index (χ3v) is 5.54. The summed E-state index contributed by atoms with van der Waals surface area (Å²) in [5.74, 6) is -0.791. The van der Waals surface area contributed by atoms with Gasteiger partial charge in [-0.3, -0.25) is 4.79 Å². The molecule has 2 aromatic rings. The monoisotopic (exact) mass is 516 g/mol. The minimum absolute atomic E-state index is 0.286. The number of ether oxygens (including phenoxy) is 2. The van der Waals surface area contributed by atoms with Gasteiger partial charge >= 0.3 is 0 Å². The topological polar surface area (TPSA) is 73.6 Å². The van der Waals surface area contributed by atoms with Gasteiger partial charge in [-0.05, 0) is 76.4 Å². The molecule has 2 rings (SSSR count). The molecule has 0 saturated carbocycles. The van der Waals surface area contributed by atoms with E-state index in [0.29, 0.717) is 51.2 Å². The van der Waals surface area contributed by atoms with Gasteiger partial charge in [0.05, 0.1) is 28.0 Å². The maximum Gasteiger partial charge on any atom is 0.195 e. The fourth-order valence-electron chi connectivity index (χ4n) is 2.69. The second kappa shape index (κ2) is 10.3. The highest BCUT2D eigenvalue weighted by Crippen LogP contribution is 2.38. The number of nitrogens with two attached hydrogens (primary N) is 1. The number of aryl methyl sites for hydroxylation is 1. The van der Waals surface area contributed by atoms with Crippen molar-refractivity contribution in [2.75, 3.05) is 30.8 Å². The van der Waals surface area contributed by atoms with Crippen LogP contribution in [-0.4, -0.2) is 31.8 Å². The predicted octanol–water partition coefficient (Wildman–Crippen LogP) is 5.28. The molecular formula is C20H23Br2FN2O3. The van der Waals surface area contributed by atoms with Crippen LogP contribution in [0.4, 0.5) is 15.8 Å². The summed E-state index contributed by atoms with van der Waals surface area (Å²) in [4.78, 5) is 13.0. The van der Waals surface area contributed by atoms with Gasteiger partial charge in [-0.2, -0.15) is 0 Å². The van der Waals surface area contributed by atoms with Crippen molar-refractivity contribution in [1.82, 2.24) is 0 Å². The van der Waals surface area contributed by atoms with Crippen LogP contribution in [0.2, 0.25) is 0 Å². The second-order valence-corrected chi connectivity index (χ2v) is 7.67. The summed E-state index contributed by atoms with van der Waals surface area (Å²) in [7, 11) is 0. The van der Waals surface area contributed by atoms with E-state index in [2.05, 4.69) is 37.2 Å². The van der Waals surface area contributed by atoms with Crippen LogP contribution < -0.4 is 11.1 Å². The quantitative estimate of drug-likeness (QED) is 0.269. The lowest BCUT2D eigenvalue weighted by atomic mass is 9.98. The number of ketones is 1. The number of nitrogens with one attached hydrogen (secondary N) is 1. The average molecular weight is 518 g/mol. The molecule has 28 heavy (non-hydrogen) atoms. The number of hydrogen-bond acceptors (Lipinski definition) is 5. The summed E-state index contributed by atoms with van der Waals surface area (Å²) in [5, 5.41) is 3.18. The molecule has 0 saturated heterocycles. The molecule has 0 bridgehead atoms. The van der Waals surface area contributed by atoms with E-state index in [4.69, 9.17) is 15.2 Å². The van der Waals surface area contributed by atoms with Crippen molar-refractivity contribution in [3.05, 3.63) is 55.7 Å².